The lowest BCUT2D eigenvalue weighted by atomic mass is 9.87. The highest BCUT2D eigenvalue weighted by Crippen LogP contribution is 2.24. The van der Waals surface area contributed by atoms with Gasteiger partial charge in [0.2, 0.25) is 0 Å². The summed E-state index contributed by atoms with van der Waals surface area (Å²) in [7, 11) is 0. The van der Waals surface area contributed by atoms with E-state index in [1.54, 1.807) is 0 Å². The van der Waals surface area contributed by atoms with E-state index in [0.717, 1.165) is 19.3 Å². The van der Waals surface area contributed by atoms with Crippen LogP contribution in [0.3, 0.4) is 0 Å². The molecule has 1 nitrogen and oxygen atoms in total. The lowest BCUT2D eigenvalue weighted by Gasteiger charge is -2.22. The molecule has 2 atom stereocenters. The van der Waals surface area contributed by atoms with Crippen LogP contribution in [0.5, 0.6) is 0 Å². The number of aliphatic hydroxyl groups excluding tert-OH is 1. The van der Waals surface area contributed by atoms with Gasteiger partial charge < -0.3 is 5.11 Å². The summed E-state index contributed by atoms with van der Waals surface area (Å²) in [5, 5.41) is 9.16. The zero-order valence-corrected chi connectivity index (χ0v) is 5.71. The summed E-state index contributed by atoms with van der Waals surface area (Å²) in [6, 6.07) is 0. The molecule has 0 aromatic heterocycles. The fraction of sp³-hybridized carbons (Fsp3) is 0.750. The van der Waals surface area contributed by atoms with E-state index >= 15 is 0 Å². The maximum absolute atomic E-state index is 9.16. The number of allylic oxidation sites excluding steroid dienone is 1. The molecule has 0 bridgehead atoms. The second-order valence-electron chi connectivity index (χ2n) is 2.82. The van der Waals surface area contributed by atoms with Crippen LogP contribution in [0.15, 0.2) is 12.7 Å². The van der Waals surface area contributed by atoms with Gasteiger partial charge in [0.15, 0.2) is 0 Å². The third-order valence-corrected chi connectivity index (χ3v) is 2.02. The highest BCUT2D eigenvalue weighted by atomic mass is 16.3. The van der Waals surface area contributed by atoms with Crippen molar-refractivity contribution in [1.29, 1.82) is 0 Å². The summed E-state index contributed by atoms with van der Waals surface area (Å²) in [5.74, 6) is 0.578. The van der Waals surface area contributed by atoms with Crippen molar-refractivity contribution in [2.45, 2.75) is 31.8 Å². The van der Waals surface area contributed by atoms with Crippen molar-refractivity contribution in [2.24, 2.45) is 5.92 Å². The second-order valence-corrected chi connectivity index (χ2v) is 2.82. The van der Waals surface area contributed by atoms with Gasteiger partial charge in [0.1, 0.15) is 0 Å². The van der Waals surface area contributed by atoms with Crippen LogP contribution in [0.4, 0.5) is 0 Å². The van der Waals surface area contributed by atoms with Crippen LogP contribution in [0.25, 0.3) is 0 Å². The van der Waals surface area contributed by atoms with Crippen LogP contribution in [-0.2, 0) is 0 Å². The molecule has 1 saturated carbocycles. The van der Waals surface area contributed by atoms with Gasteiger partial charge in [-0.25, -0.2) is 0 Å². The van der Waals surface area contributed by atoms with Crippen molar-refractivity contribution in [1.82, 2.24) is 0 Å². The molecule has 1 heteroatoms. The number of hydrogen-bond acceptors (Lipinski definition) is 1. The zero-order chi connectivity index (χ0) is 6.69. The van der Waals surface area contributed by atoms with E-state index in [4.69, 9.17) is 5.11 Å². The lowest BCUT2D eigenvalue weighted by molar-refractivity contribution is 0.113. The largest absolute Gasteiger partial charge is 0.393 e. The first-order valence-corrected chi connectivity index (χ1v) is 3.63. The molecule has 0 aromatic carbocycles. The molecule has 0 aliphatic heterocycles. The van der Waals surface area contributed by atoms with Crippen molar-refractivity contribution >= 4 is 0 Å². The van der Waals surface area contributed by atoms with E-state index in [9.17, 15) is 0 Å². The van der Waals surface area contributed by atoms with Crippen LogP contribution in [-0.4, -0.2) is 11.2 Å². The SMILES string of the molecule is C=C[C@@H]1CCC[C@@H](O)C1. The molecule has 0 spiro atoms. The molecule has 1 fully saturated rings. The Morgan fingerprint density at radius 1 is 1.44 bits per heavy atom. The molecular weight excluding hydrogens is 112 g/mol. The Morgan fingerprint density at radius 3 is 2.67 bits per heavy atom. The number of rotatable bonds is 1. The molecule has 0 saturated heterocycles. The predicted molar refractivity (Wildman–Crippen MR) is 38.2 cm³/mol. The van der Waals surface area contributed by atoms with Gasteiger partial charge in [0, 0.05) is 0 Å². The monoisotopic (exact) mass is 126 g/mol. The standard InChI is InChI=1S/C8H14O/c1-2-7-4-3-5-8(9)6-7/h2,7-9H,1,3-6H2/t7-,8-/m1/s1. The number of hydrogen-bond donors (Lipinski definition) is 1. The van der Waals surface area contributed by atoms with E-state index < -0.39 is 0 Å². The summed E-state index contributed by atoms with van der Waals surface area (Å²) in [6.45, 7) is 3.71. The van der Waals surface area contributed by atoms with E-state index in [0.29, 0.717) is 5.92 Å². The first-order chi connectivity index (χ1) is 4.33. The minimum atomic E-state index is -0.0539. The maximum atomic E-state index is 9.16. The average Bonchev–Trinajstić information content (AvgIpc) is 1.88. The van der Waals surface area contributed by atoms with Gasteiger partial charge in [-0.15, -0.1) is 6.58 Å². The Balaban J connectivity index is 2.31. The summed E-state index contributed by atoms with van der Waals surface area (Å²) in [6.07, 6.45) is 6.22. The molecule has 0 aromatic rings. The minimum absolute atomic E-state index is 0.0539. The second kappa shape index (κ2) is 3.02. The predicted octanol–water partition coefficient (Wildman–Crippen LogP) is 1.72. The van der Waals surface area contributed by atoms with E-state index in [1.165, 1.54) is 6.42 Å². The first-order valence-electron chi connectivity index (χ1n) is 3.63. The maximum Gasteiger partial charge on any atom is 0.0545 e. The Labute approximate surface area is 56.4 Å². The van der Waals surface area contributed by atoms with Crippen molar-refractivity contribution < 1.29 is 5.11 Å². The van der Waals surface area contributed by atoms with Crippen LogP contribution in [0, 0.1) is 5.92 Å². The topological polar surface area (TPSA) is 20.2 Å². The van der Waals surface area contributed by atoms with Crippen LogP contribution in [0.1, 0.15) is 25.7 Å². The van der Waals surface area contributed by atoms with Crippen molar-refractivity contribution in [3.05, 3.63) is 12.7 Å². The quantitative estimate of drug-likeness (QED) is 0.530. The van der Waals surface area contributed by atoms with Crippen molar-refractivity contribution in [3.63, 3.8) is 0 Å². The Morgan fingerprint density at radius 2 is 2.22 bits per heavy atom. The number of aliphatic hydroxyl groups is 1. The van der Waals surface area contributed by atoms with Gasteiger partial charge in [-0.2, -0.15) is 0 Å². The highest BCUT2D eigenvalue weighted by molar-refractivity contribution is 4.84. The minimum Gasteiger partial charge on any atom is -0.393 e. The highest BCUT2D eigenvalue weighted by Gasteiger charge is 2.16. The van der Waals surface area contributed by atoms with Gasteiger partial charge in [-0.05, 0) is 25.2 Å². The Hall–Kier alpha value is -0.300. The van der Waals surface area contributed by atoms with Gasteiger partial charge in [0.25, 0.3) is 0 Å². The molecule has 0 amide bonds. The van der Waals surface area contributed by atoms with E-state index in [-0.39, 0.29) is 6.10 Å². The molecule has 1 aliphatic rings. The van der Waals surface area contributed by atoms with Gasteiger partial charge in [0.05, 0.1) is 6.10 Å². The van der Waals surface area contributed by atoms with E-state index in [1.807, 2.05) is 6.08 Å². The van der Waals surface area contributed by atoms with Crippen LogP contribution in [0.2, 0.25) is 0 Å². The normalized spacial score (nSPS) is 36.1. The zero-order valence-electron chi connectivity index (χ0n) is 5.71. The fourth-order valence-electron chi connectivity index (χ4n) is 1.41. The fourth-order valence-corrected chi connectivity index (χ4v) is 1.41. The molecule has 9 heavy (non-hydrogen) atoms. The molecule has 1 rings (SSSR count). The summed E-state index contributed by atoms with van der Waals surface area (Å²) in [4.78, 5) is 0. The summed E-state index contributed by atoms with van der Waals surface area (Å²) < 4.78 is 0. The average molecular weight is 126 g/mol. The molecule has 0 heterocycles. The van der Waals surface area contributed by atoms with Gasteiger partial charge >= 0.3 is 0 Å². The molecule has 52 valence electrons. The van der Waals surface area contributed by atoms with Crippen molar-refractivity contribution in [2.75, 3.05) is 0 Å². The Kier molecular flexibility index (Phi) is 2.29. The van der Waals surface area contributed by atoms with Crippen LogP contribution < -0.4 is 0 Å². The molecule has 1 N–H and O–H groups in total. The molecular formula is C8H14O. The lowest BCUT2D eigenvalue weighted by Crippen LogP contribution is -2.17. The molecule has 1 aliphatic carbocycles. The van der Waals surface area contributed by atoms with Gasteiger partial charge in [-0.3, -0.25) is 0 Å². The van der Waals surface area contributed by atoms with Gasteiger partial charge in [-0.1, -0.05) is 12.5 Å². The third kappa shape index (κ3) is 1.83. The summed E-state index contributed by atoms with van der Waals surface area (Å²) >= 11 is 0. The molecule has 0 radical (unpaired) electrons. The molecule has 0 unspecified atom stereocenters. The summed E-state index contributed by atoms with van der Waals surface area (Å²) in [5.41, 5.74) is 0. The smallest absolute Gasteiger partial charge is 0.0545 e. The van der Waals surface area contributed by atoms with Crippen molar-refractivity contribution in [3.8, 4) is 0 Å². The van der Waals surface area contributed by atoms with E-state index in [2.05, 4.69) is 6.58 Å². The first kappa shape index (κ1) is 6.81. The third-order valence-electron chi connectivity index (χ3n) is 2.02. The Bertz CT molecular complexity index is 98.7. The van der Waals surface area contributed by atoms with Crippen LogP contribution >= 0.6 is 0 Å².